The predicted octanol–water partition coefficient (Wildman–Crippen LogP) is 3.00. The number of nitrogens with zero attached hydrogens (tertiary/aromatic N) is 1. The molecule has 0 spiro atoms. The number of aryl methyl sites for hydroxylation is 2. The van der Waals surface area contributed by atoms with Crippen LogP contribution in [-0.4, -0.2) is 4.98 Å². The highest BCUT2D eigenvalue weighted by atomic mass is 14.7. The van der Waals surface area contributed by atoms with Crippen LogP contribution in [0, 0.1) is 6.92 Å². The molecule has 0 amide bonds. The molecule has 0 saturated carbocycles. The monoisotopic (exact) mass is 226 g/mol. The molecule has 2 nitrogen and oxygen atoms in total. The van der Waals surface area contributed by atoms with Gasteiger partial charge in [0.1, 0.15) is 0 Å². The number of hydrogen-bond acceptors (Lipinski definition) is 2. The maximum absolute atomic E-state index is 6.25. The molecule has 2 heteroatoms. The van der Waals surface area contributed by atoms with Crippen molar-refractivity contribution in [3.05, 3.63) is 65.0 Å². The van der Waals surface area contributed by atoms with Gasteiger partial charge < -0.3 is 5.73 Å². The number of rotatable bonds is 3. The van der Waals surface area contributed by atoms with Gasteiger partial charge in [-0.3, -0.25) is 4.98 Å². The lowest BCUT2D eigenvalue weighted by Gasteiger charge is -2.13. The summed E-state index contributed by atoms with van der Waals surface area (Å²) in [7, 11) is 0. The first-order valence-electron chi connectivity index (χ1n) is 5.97. The average molecular weight is 226 g/mol. The average Bonchev–Trinajstić information content (AvgIpc) is 2.39. The van der Waals surface area contributed by atoms with E-state index in [0.717, 1.165) is 23.2 Å². The highest BCUT2D eigenvalue weighted by Gasteiger charge is 2.09. The quantitative estimate of drug-likeness (QED) is 0.873. The number of aromatic nitrogens is 1. The van der Waals surface area contributed by atoms with Crippen LogP contribution in [-0.2, 0) is 6.42 Å². The Morgan fingerprint density at radius 3 is 2.65 bits per heavy atom. The molecule has 88 valence electrons. The number of nitrogens with two attached hydrogens (primary N) is 1. The first-order valence-corrected chi connectivity index (χ1v) is 5.97. The summed E-state index contributed by atoms with van der Waals surface area (Å²) in [6.07, 6.45) is 2.89. The van der Waals surface area contributed by atoms with Crippen LogP contribution < -0.4 is 5.73 Å². The van der Waals surface area contributed by atoms with Crippen molar-refractivity contribution in [1.82, 2.24) is 4.98 Å². The van der Waals surface area contributed by atoms with Gasteiger partial charge in [-0.2, -0.15) is 0 Å². The fraction of sp³-hybridized carbons (Fsp3) is 0.267. The molecule has 0 aliphatic heterocycles. The molecule has 0 fully saturated rings. The Morgan fingerprint density at radius 2 is 2.00 bits per heavy atom. The summed E-state index contributed by atoms with van der Waals surface area (Å²) in [6.45, 7) is 4.13. The molecule has 1 atom stereocenters. The molecular weight excluding hydrogens is 208 g/mol. The van der Waals surface area contributed by atoms with Crippen LogP contribution in [0.1, 0.15) is 35.3 Å². The van der Waals surface area contributed by atoms with Crippen molar-refractivity contribution in [1.29, 1.82) is 0 Å². The molecule has 2 rings (SSSR count). The summed E-state index contributed by atoms with van der Waals surface area (Å²) in [6, 6.07) is 12.4. The molecule has 17 heavy (non-hydrogen) atoms. The van der Waals surface area contributed by atoms with Crippen LogP contribution in [0.25, 0.3) is 0 Å². The SMILES string of the molecule is CCc1cccc(C(N)c2ccc(C)nc2)c1. The zero-order chi connectivity index (χ0) is 12.3. The van der Waals surface area contributed by atoms with Crippen molar-refractivity contribution in [2.45, 2.75) is 26.3 Å². The third kappa shape index (κ3) is 2.71. The zero-order valence-corrected chi connectivity index (χ0v) is 10.4. The van der Waals surface area contributed by atoms with E-state index in [1.165, 1.54) is 5.56 Å². The van der Waals surface area contributed by atoms with E-state index in [-0.39, 0.29) is 6.04 Å². The lowest BCUT2D eigenvalue weighted by Crippen LogP contribution is -2.12. The van der Waals surface area contributed by atoms with Crippen molar-refractivity contribution in [3.8, 4) is 0 Å². The summed E-state index contributed by atoms with van der Waals surface area (Å²) in [4.78, 5) is 4.29. The third-order valence-corrected chi connectivity index (χ3v) is 3.01. The van der Waals surface area contributed by atoms with E-state index in [1.54, 1.807) is 0 Å². The van der Waals surface area contributed by atoms with E-state index in [2.05, 4.69) is 36.2 Å². The van der Waals surface area contributed by atoms with Crippen LogP contribution in [0.2, 0.25) is 0 Å². The number of benzene rings is 1. The highest BCUT2D eigenvalue weighted by molar-refractivity contribution is 5.33. The summed E-state index contributed by atoms with van der Waals surface area (Å²) >= 11 is 0. The topological polar surface area (TPSA) is 38.9 Å². The summed E-state index contributed by atoms with van der Waals surface area (Å²) in [5, 5.41) is 0. The van der Waals surface area contributed by atoms with E-state index in [9.17, 15) is 0 Å². The fourth-order valence-corrected chi connectivity index (χ4v) is 1.86. The first kappa shape index (κ1) is 11.8. The second-order valence-corrected chi connectivity index (χ2v) is 4.31. The summed E-state index contributed by atoms with van der Waals surface area (Å²) in [5.41, 5.74) is 10.8. The van der Waals surface area contributed by atoms with Crippen molar-refractivity contribution >= 4 is 0 Å². The van der Waals surface area contributed by atoms with Crippen LogP contribution >= 0.6 is 0 Å². The Kier molecular flexibility index (Phi) is 3.55. The van der Waals surface area contributed by atoms with Crippen molar-refractivity contribution in [3.63, 3.8) is 0 Å². The Labute approximate surface area is 103 Å². The molecule has 2 N–H and O–H groups in total. The number of hydrogen-bond donors (Lipinski definition) is 1. The van der Waals surface area contributed by atoms with E-state index < -0.39 is 0 Å². The van der Waals surface area contributed by atoms with Crippen LogP contribution in [0.4, 0.5) is 0 Å². The summed E-state index contributed by atoms with van der Waals surface area (Å²) < 4.78 is 0. The molecule has 1 unspecified atom stereocenters. The van der Waals surface area contributed by atoms with Gasteiger partial charge in [-0.05, 0) is 36.1 Å². The molecule has 1 aromatic carbocycles. The van der Waals surface area contributed by atoms with Gasteiger partial charge in [-0.1, -0.05) is 37.3 Å². The van der Waals surface area contributed by atoms with Crippen molar-refractivity contribution < 1.29 is 0 Å². The maximum Gasteiger partial charge on any atom is 0.0567 e. The molecule has 0 aliphatic carbocycles. The van der Waals surface area contributed by atoms with Gasteiger partial charge in [0.2, 0.25) is 0 Å². The van der Waals surface area contributed by atoms with Gasteiger partial charge in [0.15, 0.2) is 0 Å². The molecule has 0 saturated heterocycles. The van der Waals surface area contributed by atoms with Gasteiger partial charge in [-0.25, -0.2) is 0 Å². The van der Waals surface area contributed by atoms with Gasteiger partial charge >= 0.3 is 0 Å². The lowest BCUT2D eigenvalue weighted by molar-refractivity contribution is 0.856. The van der Waals surface area contributed by atoms with Crippen LogP contribution in [0.15, 0.2) is 42.6 Å². The zero-order valence-electron chi connectivity index (χ0n) is 10.4. The van der Waals surface area contributed by atoms with E-state index >= 15 is 0 Å². The van der Waals surface area contributed by atoms with Crippen LogP contribution in [0.5, 0.6) is 0 Å². The largest absolute Gasteiger partial charge is 0.320 e. The van der Waals surface area contributed by atoms with E-state index in [4.69, 9.17) is 5.73 Å². The van der Waals surface area contributed by atoms with Crippen molar-refractivity contribution in [2.24, 2.45) is 5.73 Å². The molecule has 1 heterocycles. The molecular formula is C15H18N2. The molecule has 0 bridgehead atoms. The summed E-state index contributed by atoms with van der Waals surface area (Å²) in [5.74, 6) is 0. The van der Waals surface area contributed by atoms with Gasteiger partial charge in [0.05, 0.1) is 6.04 Å². The predicted molar refractivity (Wildman–Crippen MR) is 70.8 cm³/mol. The molecule has 0 aliphatic rings. The Morgan fingerprint density at radius 1 is 1.18 bits per heavy atom. The Hall–Kier alpha value is -1.67. The second-order valence-electron chi connectivity index (χ2n) is 4.31. The smallest absolute Gasteiger partial charge is 0.0567 e. The van der Waals surface area contributed by atoms with Crippen LogP contribution in [0.3, 0.4) is 0 Å². The second kappa shape index (κ2) is 5.11. The molecule has 1 aromatic heterocycles. The van der Waals surface area contributed by atoms with Gasteiger partial charge in [0.25, 0.3) is 0 Å². The molecule has 2 aromatic rings. The Bertz CT molecular complexity index is 489. The lowest BCUT2D eigenvalue weighted by atomic mass is 9.98. The standard InChI is InChI=1S/C15H18N2/c1-3-12-5-4-6-13(9-12)15(16)14-8-7-11(2)17-10-14/h4-10,15H,3,16H2,1-2H3. The van der Waals surface area contributed by atoms with E-state index in [0.29, 0.717) is 0 Å². The van der Waals surface area contributed by atoms with Crippen molar-refractivity contribution in [2.75, 3.05) is 0 Å². The minimum Gasteiger partial charge on any atom is -0.320 e. The minimum absolute atomic E-state index is 0.0883. The maximum atomic E-state index is 6.25. The highest BCUT2D eigenvalue weighted by Crippen LogP contribution is 2.20. The minimum atomic E-state index is -0.0883. The first-order chi connectivity index (χ1) is 8.20. The van der Waals surface area contributed by atoms with Gasteiger partial charge in [-0.15, -0.1) is 0 Å². The van der Waals surface area contributed by atoms with Gasteiger partial charge in [0, 0.05) is 11.9 Å². The normalized spacial score (nSPS) is 12.4. The molecule has 0 radical (unpaired) electrons. The fourth-order valence-electron chi connectivity index (χ4n) is 1.86. The van der Waals surface area contributed by atoms with E-state index in [1.807, 2.05) is 25.3 Å². The third-order valence-electron chi connectivity index (χ3n) is 3.01. The number of pyridine rings is 1. The Balaban J connectivity index is 2.29.